The topological polar surface area (TPSA) is 150 Å². The lowest BCUT2D eigenvalue weighted by molar-refractivity contribution is -0.132. The highest BCUT2D eigenvalue weighted by Crippen LogP contribution is 2.11. The molecule has 1 N–H and O–H groups in total. The lowest BCUT2D eigenvalue weighted by atomic mass is 10.2. The summed E-state index contributed by atoms with van der Waals surface area (Å²) >= 11 is 0. The molecule has 0 aliphatic rings. The van der Waals surface area contributed by atoms with Gasteiger partial charge in [0.2, 0.25) is 0 Å². The van der Waals surface area contributed by atoms with Crippen LogP contribution in [0.4, 0.5) is 0 Å². The number of carbonyl (C=O) groups excluding carboxylic acids is 4. The molecule has 0 fully saturated rings. The second kappa shape index (κ2) is 31.0. The molecular weight excluding hydrogens is 604 g/mol. The summed E-state index contributed by atoms with van der Waals surface area (Å²) in [5, 5.41) is 8.63. The van der Waals surface area contributed by atoms with Gasteiger partial charge >= 0.3 is 11.9 Å². The minimum atomic E-state index is -0.286. The number of rotatable bonds is 5. The molecule has 5 rings (SSSR count). The highest BCUT2D eigenvalue weighted by molar-refractivity contribution is 5.69. The average Bonchev–Trinajstić information content (AvgIpc) is 3.12. The Kier molecular flexibility index (Phi) is 28.2. The highest BCUT2D eigenvalue weighted by Gasteiger charge is 1.94. The van der Waals surface area contributed by atoms with E-state index in [9.17, 15) is 9.59 Å². The zero-order valence-electron chi connectivity index (χ0n) is 26.2. The molecule has 0 spiro atoms. The zero-order valence-corrected chi connectivity index (χ0v) is 26.2. The van der Waals surface area contributed by atoms with E-state index in [0.29, 0.717) is 23.9 Å². The van der Waals surface area contributed by atoms with E-state index in [-0.39, 0.29) is 11.9 Å². The van der Waals surface area contributed by atoms with Gasteiger partial charge in [0, 0.05) is 23.8 Å². The van der Waals surface area contributed by atoms with Gasteiger partial charge in [-0.25, -0.2) is 0 Å². The van der Waals surface area contributed by atoms with Gasteiger partial charge < -0.3 is 28.9 Å². The van der Waals surface area contributed by atoms with Crippen molar-refractivity contribution in [2.24, 2.45) is 0 Å². The van der Waals surface area contributed by atoms with Gasteiger partial charge in [0.05, 0.1) is 0 Å². The Morgan fingerprint density at radius 3 is 1.04 bits per heavy atom. The summed E-state index contributed by atoms with van der Waals surface area (Å²) in [6, 6.07) is 46.7. The summed E-state index contributed by atoms with van der Waals surface area (Å²) < 4.78 is 15.1. The van der Waals surface area contributed by atoms with Gasteiger partial charge in [0.15, 0.2) is 0 Å². The summed E-state index contributed by atoms with van der Waals surface area (Å²) in [7, 11) is 0. The van der Waals surface area contributed by atoms with Crippen molar-refractivity contribution < 1.29 is 38.5 Å². The van der Waals surface area contributed by atoms with Crippen LogP contribution in [-0.2, 0) is 25.8 Å². The molecule has 0 atom stereocenters. The fraction of sp³-hybridized carbons (Fsp3) is 0.0811. The van der Waals surface area contributed by atoms with Crippen molar-refractivity contribution in [3.8, 4) is 23.0 Å². The van der Waals surface area contributed by atoms with Gasteiger partial charge in [-0.3, -0.25) is 9.59 Å². The number of benzene rings is 5. The number of phenols is 1. The first-order chi connectivity index (χ1) is 22.9. The first-order valence-corrected chi connectivity index (χ1v) is 13.6. The standard InChI is InChI=1S/C13H12O.2C8H8O2.C6H6O.2CH2O.O2/c1-3-7-12(8-4-1)11-14-13-9-5-2-6-10-13;2*1-7(9)10-8-5-3-2-4-6-8;7-6-4-2-1-3-5-6;3*1-2/h1-10H,11H2;2*2-6H,1H3;1-5,7H;2*1H2;. The van der Waals surface area contributed by atoms with E-state index in [4.69, 9.17) is 38.8 Å². The normalized spacial score (nSPS) is 8.21. The highest BCUT2D eigenvalue weighted by atomic mass is 16.7. The number of esters is 2. The van der Waals surface area contributed by atoms with Crippen LogP contribution in [0.15, 0.2) is 152 Å². The fourth-order valence-corrected chi connectivity index (χ4v) is 2.99. The zero-order chi connectivity index (χ0) is 35.5. The van der Waals surface area contributed by atoms with E-state index in [2.05, 4.69) is 12.1 Å². The van der Waals surface area contributed by atoms with Gasteiger partial charge in [0.1, 0.15) is 43.2 Å². The number of aromatic hydroxyl groups is 1. The number of ether oxygens (including phenoxy) is 3. The Balaban J connectivity index is 0. The molecule has 0 bridgehead atoms. The summed E-state index contributed by atoms with van der Waals surface area (Å²) in [4.78, 5) is 50.8. The molecule has 0 saturated carbocycles. The smallest absolute Gasteiger partial charge is 0.308 e. The number of hydrogen-bond acceptors (Lipinski definition) is 10. The van der Waals surface area contributed by atoms with E-state index in [1.807, 2.05) is 105 Å². The van der Waals surface area contributed by atoms with Gasteiger partial charge in [-0.2, -0.15) is 0 Å². The average molecular weight is 643 g/mol. The van der Waals surface area contributed by atoms with Crippen molar-refractivity contribution in [1.82, 2.24) is 0 Å². The Morgan fingerprint density at radius 1 is 0.489 bits per heavy atom. The third-order valence-corrected chi connectivity index (χ3v) is 4.76. The lowest BCUT2D eigenvalue weighted by Crippen LogP contribution is -2.00. The molecule has 5 aromatic rings. The van der Waals surface area contributed by atoms with Gasteiger partial charge in [-0.15, -0.1) is 0 Å². The van der Waals surface area contributed by atoms with Crippen molar-refractivity contribution >= 4 is 25.5 Å². The van der Waals surface area contributed by atoms with E-state index in [1.54, 1.807) is 48.5 Å². The van der Waals surface area contributed by atoms with Gasteiger partial charge in [-0.05, 0) is 54.1 Å². The molecule has 0 amide bonds. The van der Waals surface area contributed by atoms with Crippen LogP contribution in [0.1, 0.15) is 19.4 Å². The number of phenolic OH excluding ortho intramolecular Hbond substituents is 1. The largest absolute Gasteiger partial charge is 0.508 e. The first kappa shape index (κ1) is 42.7. The second-order valence-corrected chi connectivity index (χ2v) is 8.24. The van der Waals surface area contributed by atoms with E-state index in [0.717, 1.165) is 5.75 Å². The monoisotopic (exact) mass is 642 g/mol. The van der Waals surface area contributed by atoms with Crippen LogP contribution in [0.5, 0.6) is 23.0 Å². The fourth-order valence-electron chi connectivity index (χ4n) is 2.99. The van der Waals surface area contributed by atoms with Crippen molar-refractivity contribution in [3.05, 3.63) is 167 Å². The maximum absolute atomic E-state index is 10.4. The molecule has 5 aromatic carbocycles. The van der Waals surface area contributed by atoms with E-state index >= 15 is 0 Å². The maximum Gasteiger partial charge on any atom is 0.308 e. The molecule has 0 unspecified atom stereocenters. The van der Waals surface area contributed by atoms with Crippen molar-refractivity contribution in [3.63, 3.8) is 0 Å². The molecule has 0 aliphatic carbocycles. The molecule has 0 radical (unpaired) electrons. The Labute approximate surface area is 274 Å². The van der Waals surface area contributed by atoms with Crippen molar-refractivity contribution in [2.75, 3.05) is 0 Å². The summed E-state index contributed by atoms with van der Waals surface area (Å²) in [6.07, 6.45) is 0. The molecule has 0 aromatic heterocycles. The van der Waals surface area contributed by atoms with Crippen LogP contribution in [0.3, 0.4) is 0 Å². The summed E-state index contributed by atoms with van der Waals surface area (Å²) in [6.45, 7) is 7.39. The van der Waals surface area contributed by atoms with E-state index < -0.39 is 0 Å². The molecule has 47 heavy (non-hydrogen) atoms. The molecule has 246 valence electrons. The predicted octanol–water partition coefficient (Wildman–Crippen LogP) is 7.58. The number of hydrogen-bond donors (Lipinski definition) is 1. The first-order valence-electron chi connectivity index (χ1n) is 13.6. The summed E-state index contributed by atoms with van der Waals surface area (Å²) in [5.74, 6) is 1.85. The SMILES string of the molecule is C=O.C=O.CC(=O)Oc1ccccc1.CC(=O)Oc1ccccc1.O=O.Oc1ccccc1.c1ccc(COc2ccccc2)cc1. The second-order valence-electron chi connectivity index (χ2n) is 8.24. The molecule has 0 saturated heterocycles. The van der Waals surface area contributed by atoms with Crippen molar-refractivity contribution in [2.45, 2.75) is 20.5 Å². The predicted molar refractivity (Wildman–Crippen MR) is 182 cm³/mol. The van der Waals surface area contributed by atoms with E-state index in [1.165, 1.54) is 19.4 Å². The quantitative estimate of drug-likeness (QED) is 0.150. The third kappa shape index (κ3) is 25.8. The Bertz CT molecular complexity index is 1330. The minimum Gasteiger partial charge on any atom is -0.508 e. The van der Waals surface area contributed by atoms with Gasteiger partial charge in [0.25, 0.3) is 0 Å². The van der Waals surface area contributed by atoms with Crippen LogP contribution >= 0.6 is 0 Å². The Hall–Kier alpha value is -6.42. The van der Waals surface area contributed by atoms with Crippen LogP contribution < -0.4 is 14.2 Å². The minimum absolute atomic E-state index is 0.286. The maximum atomic E-state index is 10.4. The van der Waals surface area contributed by atoms with Crippen LogP contribution in [0.25, 0.3) is 0 Å². The molecule has 10 heteroatoms. The van der Waals surface area contributed by atoms with Crippen LogP contribution in [0, 0.1) is 9.93 Å². The lowest BCUT2D eigenvalue weighted by Gasteiger charge is -2.05. The van der Waals surface area contributed by atoms with Gasteiger partial charge in [-0.1, -0.05) is 103 Å². The molecule has 0 heterocycles. The molecule has 10 nitrogen and oxygen atoms in total. The molecule has 0 aliphatic heterocycles. The summed E-state index contributed by atoms with van der Waals surface area (Å²) in [5.41, 5.74) is 1.19. The number of para-hydroxylation sites is 4. The number of carbonyl (C=O) groups is 4. The molecular formula is C37H38O10. The van der Waals surface area contributed by atoms with Crippen LogP contribution in [-0.4, -0.2) is 30.6 Å². The van der Waals surface area contributed by atoms with Crippen LogP contribution in [0.2, 0.25) is 0 Å². The Morgan fingerprint density at radius 2 is 0.766 bits per heavy atom. The third-order valence-electron chi connectivity index (χ3n) is 4.76. The van der Waals surface area contributed by atoms with Crippen molar-refractivity contribution in [1.29, 1.82) is 0 Å².